The molecule has 0 radical (unpaired) electrons. The van der Waals surface area contributed by atoms with Gasteiger partial charge in [-0.05, 0) is 48.9 Å². The summed E-state index contributed by atoms with van der Waals surface area (Å²) in [5, 5.41) is 16.1. The number of aryl methyl sites for hydroxylation is 3. The van der Waals surface area contributed by atoms with Crippen molar-refractivity contribution < 1.29 is 33.2 Å². The van der Waals surface area contributed by atoms with Crippen LogP contribution in [0, 0.1) is 17.0 Å². The molecule has 0 aliphatic carbocycles. The van der Waals surface area contributed by atoms with Crippen LogP contribution < -0.4 is 23.5 Å². The van der Waals surface area contributed by atoms with Crippen molar-refractivity contribution in [3.63, 3.8) is 0 Å². The predicted octanol–water partition coefficient (Wildman–Crippen LogP) is 5.16. The van der Waals surface area contributed by atoms with Gasteiger partial charge in [0, 0.05) is 28.8 Å². The number of benzene rings is 4. The molecule has 1 aromatic heterocycles. The van der Waals surface area contributed by atoms with Crippen molar-refractivity contribution in [3.05, 3.63) is 81.5 Å². The summed E-state index contributed by atoms with van der Waals surface area (Å²) in [5.74, 6) is 1.49. The molecule has 2 aliphatic heterocycles. The average Bonchev–Trinajstić information content (AvgIpc) is 3.40. The second kappa shape index (κ2) is 8.04. The first kappa shape index (κ1) is 22.3. The Morgan fingerprint density at radius 1 is 1.03 bits per heavy atom. The molecule has 0 unspecified atom stereocenters. The first-order chi connectivity index (χ1) is 18.4. The fraction of sp³-hybridized carbons (Fsp3) is 0.172. The molecule has 9 nitrogen and oxygen atoms in total. The third-order valence-corrected chi connectivity index (χ3v) is 7.39. The van der Waals surface area contributed by atoms with Gasteiger partial charge in [0.25, 0.3) is 5.69 Å². The second-order valence-corrected chi connectivity index (χ2v) is 9.43. The molecule has 0 atom stereocenters. The molecule has 9 heteroatoms. The van der Waals surface area contributed by atoms with Gasteiger partial charge >= 0.3 is 5.97 Å². The summed E-state index contributed by atoms with van der Waals surface area (Å²) in [5.41, 5.74) is 2.69. The Labute approximate surface area is 215 Å². The molecule has 38 heavy (non-hydrogen) atoms. The molecule has 2 aliphatic rings. The Bertz CT molecular complexity index is 1880. The van der Waals surface area contributed by atoms with Crippen molar-refractivity contribution in [2.45, 2.75) is 19.9 Å². The van der Waals surface area contributed by atoms with Crippen LogP contribution in [-0.4, -0.2) is 24.8 Å². The summed E-state index contributed by atoms with van der Waals surface area (Å²) < 4.78 is 25.1. The van der Waals surface area contributed by atoms with Crippen molar-refractivity contribution in [2.24, 2.45) is 0 Å². The topological polar surface area (TPSA) is 101 Å². The van der Waals surface area contributed by atoms with E-state index in [2.05, 4.69) is 16.7 Å². The normalized spacial score (nSPS) is 13.4. The van der Waals surface area contributed by atoms with Crippen LogP contribution >= 0.6 is 0 Å². The number of carbonyl (C=O) groups excluding carboxylic acids is 1. The third-order valence-electron chi connectivity index (χ3n) is 7.39. The van der Waals surface area contributed by atoms with Gasteiger partial charge in [0.1, 0.15) is 0 Å². The number of rotatable bonds is 4. The van der Waals surface area contributed by atoms with Crippen molar-refractivity contribution in [1.82, 2.24) is 0 Å². The number of aromatic nitrogens is 1. The van der Waals surface area contributed by atoms with E-state index in [1.54, 1.807) is 13.0 Å². The molecule has 0 bridgehead atoms. The molecular weight excluding hydrogens is 488 g/mol. The molecule has 0 saturated heterocycles. The van der Waals surface area contributed by atoms with E-state index < -0.39 is 10.9 Å². The molecule has 0 saturated carbocycles. The number of hydrogen-bond donors (Lipinski definition) is 0. The zero-order valence-electron chi connectivity index (χ0n) is 20.6. The minimum Gasteiger partial charge on any atom is -0.493 e. The third kappa shape index (κ3) is 3.11. The van der Waals surface area contributed by atoms with E-state index in [0.717, 1.165) is 51.5 Å². The average molecular weight is 509 g/mol. The molecule has 0 fully saturated rings. The molecule has 188 valence electrons. The second-order valence-electron chi connectivity index (χ2n) is 9.43. The van der Waals surface area contributed by atoms with Gasteiger partial charge in [0.05, 0.1) is 33.8 Å². The maximum Gasteiger partial charge on any atom is 0.343 e. The number of nitro benzene ring substituents is 1. The predicted molar refractivity (Wildman–Crippen MR) is 138 cm³/mol. The Hall–Kier alpha value is -4.92. The summed E-state index contributed by atoms with van der Waals surface area (Å²) in [6.07, 6.45) is 2.79. The van der Waals surface area contributed by atoms with E-state index in [1.165, 1.54) is 30.9 Å². The fourth-order valence-corrected chi connectivity index (χ4v) is 5.59. The summed E-state index contributed by atoms with van der Waals surface area (Å²) >= 11 is 0. The van der Waals surface area contributed by atoms with Crippen molar-refractivity contribution in [3.8, 4) is 23.0 Å². The minimum absolute atomic E-state index is 0.0860. The van der Waals surface area contributed by atoms with Crippen LogP contribution in [0.4, 0.5) is 5.69 Å². The summed E-state index contributed by atoms with van der Waals surface area (Å²) in [4.78, 5) is 24.1. The van der Waals surface area contributed by atoms with E-state index in [0.29, 0.717) is 16.7 Å². The number of esters is 1. The lowest BCUT2D eigenvalue weighted by Crippen LogP contribution is -2.38. The van der Waals surface area contributed by atoms with Gasteiger partial charge in [-0.15, -0.1) is 0 Å². The summed E-state index contributed by atoms with van der Waals surface area (Å²) in [6, 6.07) is 14.2. The first-order valence-electron chi connectivity index (χ1n) is 12.1. The zero-order valence-corrected chi connectivity index (χ0v) is 20.6. The van der Waals surface area contributed by atoms with Crippen LogP contribution in [0.3, 0.4) is 0 Å². The van der Waals surface area contributed by atoms with Gasteiger partial charge in [-0.1, -0.05) is 6.07 Å². The quantitative estimate of drug-likeness (QED) is 0.0823. The van der Waals surface area contributed by atoms with Gasteiger partial charge in [0.15, 0.2) is 35.7 Å². The molecule has 0 N–H and O–H groups in total. The van der Waals surface area contributed by atoms with E-state index in [9.17, 15) is 14.9 Å². The molecule has 0 amide bonds. The number of nitro groups is 1. The van der Waals surface area contributed by atoms with Gasteiger partial charge in [-0.25, -0.2) is 4.79 Å². The standard InChI is InChI=1S/C29H21N2O7/c1-15-3-4-17(11-22(15)31(33)34)29(32)38-28-21-13-30-10-9-16-12-24-27(37-14-36-24)20-6-5-19(26(30)25(16)20)18(21)7-8-23(28)35-2/h3-8,11-13H,9-10,14H2,1-2H3/q+1. The van der Waals surface area contributed by atoms with Crippen LogP contribution in [-0.2, 0) is 13.0 Å². The Kier molecular flexibility index (Phi) is 4.72. The SMILES string of the molecule is COc1ccc2c(c[n+]3c4c2ccc2c5c(cc(c24)CC3)OCO5)c1OC(=O)c1ccc(C)c([N+](=O)[O-])c1. The lowest BCUT2D eigenvalue weighted by atomic mass is 9.93. The Morgan fingerprint density at radius 2 is 1.84 bits per heavy atom. The molecule has 0 spiro atoms. The monoisotopic (exact) mass is 509 g/mol. The number of hydrogen-bond acceptors (Lipinski definition) is 7. The van der Waals surface area contributed by atoms with Crippen LogP contribution in [0.25, 0.3) is 32.4 Å². The maximum absolute atomic E-state index is 13.2. The number of carbonyl (C=O) groups is 1. The molecular formula is C29H21N2O7+. The number of methoxy groups -OCH3 is 1. The van der Waals surface area contributed by atoms with Crippen LogP contribution in [0.2, 0.25) is 0 Å². The van der Waals surface area contributed by atoms with Crippen LogP contribution in [0.5, 0.6) is 23.0 Å². The Morgan fingerprint density at radius 3 is 2.66 bits per heavy atom. The lowest BCUT2D eigenvalue weighted by molar-refractivity contribution is -0.670. The highest BCUT2D eigenvalue weighted by Gasteiger charge is 2.30. The van der Waals surface area contributed by atoms with Gasteiger partial charge < -0.3 is 18.9 Å². The fourth-order valence-electron chi connectivity index (χ4n) is 5.59. The van der Waals surface area contributed by atoms with Gasteiger partial charge in [-0.3, -0.25) is 10.1 Å². The van der Waals surface area contributed by atoms with Crippen LogP contribution in [0.1, 0.15) is 21.5 Å². The van der Waals surface area contributed by atoms with Gasteiger partial charge in [-0.2, -0.15) is 4.57 Å². The Balaban J connectivity index is 1.44. The number of pyridine rings is 1. The lowest BCUT2D eigenvalue weighted by Gasteiger charge is -2.18. The van der Waals surface area contributed by atoms with Crippen LogP contribution in [0.15, 0.2) is 54.7 Å². The highest BCUT2D eigenvalue weighted by Crippen LogP contribution is 2.46. The molecule has 5 aromatic rings. The zero-order chi connectivity index (χ0) is 26.1. The van der Waals surface area contributed by atoms with Crippen molar-refractivity contribution in [1.29, 1.82) is 0 Å². The number of nitrogens with zero attached hydrogens (tertiary/aromatic N) is 2. The summed E-state index contributed by atoms with van der Waals surface area (Å²) in [7, 11) is 1.51. The number of fused-ring (bicyclic) bond motifs is 4. The van der Waals surface area contributed by atoms with Gasteiger partial charge in [0.2, 0.25) is 12.3 Å². The highest BCUT2D eigenvalue weighted by molar-refractivity contribution is 6.17. The molecule has 4 aromatic carbocycles. The largest absolute Gasteiger partial charge is 0.493 e. The van der Waals surface area contributed by atoms with E-state index in [1.807, 2.05) is 18.3 Å². The van der Waals surface area contributed by atoms with E-state index in [4.69, 9.17) is 18.9 Å². The molecule has 7 rings (SSSR count). The van der Waals surface area contributed by atoms with E-state index >= 15 is 0 Å². The summed E-state index contributed by atoms with van der Waals surface area (Å²) in [6.45, 7) is 2.56. The number of ether oxygens (including phenoxy) is 4. The highest BCUT2D eigenvalue weighted by atomic mass is 16.7. The minimum atomic E-state index is -0.703. The maximum atomic E-state index is 13.2. The van der Waals surface area contributed by atoms with Crippen molar-refractivity contribution in [2.75, 3.05) is 13.9 Å². The van der Waals surface area contributed by atoms with Crippen molar-refractivity contribution >= 4 is 44.1 Å². The molecule has 3 heterocycles. The first-order valence-corrected chi connectivity index (χ1v) is 12.1. The smallest absolute Gasteiger partial charge is 0.343 e. The van der Waals surface area contributed by atoms with E-state index in [-0.39, 0.29) is 23.8 Å².